The Kier molecular flexibility index (Phi) is 8.56. The van der Waals surface area contributed by atoms with Crippen molar-refractivity contribution >= 4 is 10.1 Å². The second-order valence-electron chi connectivity index (χ2n) is 7.33. The summed E-state index contributed by atoms with van der Waals surface area (Å²) in [5, 5.41) is 0. The van der Waals surface area contributed by atoms with Crippen LogP contribution in [0.25, 0.3) is 11.1 Å². The molecular weight excluding hydrogens is 355 g/mol. The fraction of sp³-hybridized carbons (Fsp3) is 0.429. The molecule has 5 heteroatoms. The normalized spacial score (nSPS) is 12.7. The monoisotopic (exact) mass is 382 g/mol. The Bertz CT molecular complexity index is 850. The summed E-state index contributed by atoms with van der Waals surface area (Å²) in [4.78, 5) is -0.0996. The van der Waals surface area contributed by atoms with Crippen molar-refractivity contribution in [1.82, 2.24) is 0 Å². The molecule has 0 spiro atoms. The Balaban J connectivity index is 0.00000338. The van der Waals surface area contributed by atoms with Gasteiger partial charge in [-0.3, -0.25) is 0 Å². The van der Waals surface area contributed by atoms with Crippen molar-refractivity contribution in [2.45, 2.75) is 64.2 Å². The summed E-state index contributed by atoms with van der Waals surface area (Å²) in [5.74, 6) is 0.515. The first-order valence-corrected chi connectivity index (χ1v) is 10.2. The van der Waals surface area contributed by atoms with Crippen molar-refractivity contribution in [3.05, 3.63) is 53.1 Å². The molecule has 1 atom stereocenters. The van der Waals surface area contributed by atoms with Crippen LogP contribution in [0, 0.1) is 0 Å². The van der Waals surface area contributed by atoms with Crippen LogP contribution in [0.15, 0.2) is 46.9 Å². The van der Waals surface area contributed by atoms with Gasteiger partial charge in [-0.25, -0.2) is 8.42 Å². The smallest absolute Gasteiger partial charge is 0.744 e. The van der Waals surface area contributed by atoms with Crippen LogP contribution in [0.1, 0.15) is 70.4 Å². The van der Waals surface area contributed by atoms with Crippen molar-refractivity contribution in [1.29, 1.82) is 0 Å². The first kappa shape index (κ1) is 23.4. The Labute approximate surface area is 180 Å². The van der Waals surface area contributed by atoms with Crippen molar-refractivity contribution in [3.63, 3.8) is 0 Å². The van der Waals surface area contributed by atoms with Gasteiger partial charge in [0.15, 0.2) is 0 Å². The largest absolute Gasteiger partial charge is 1.00 e. The number of fused-ring (bicyclic) bond motifs is 1. The zero-order valence-electron chi connectivity index (χ0n) is 16.7. The van der Waals surface area contributed by atoms with Gasteiger partial charge in [-0.15, -0.1) is 0 Å². The summed E-state index contributed by atoms with van der Waals surface area (Å²) in [6, 6.07) is 9.27. The summed E-state index contributed by atoms with van der Waals surface area (Å²) >= 11 is 0. The van der Waals surface area contributed by atoms with E-state index >= 15 is 0 Å². The van der Waals surface area contributed by atoms with E-state index in [0.717, 1.165) is 29.5 Å². The van der Waals surface area contributed by atoms with Gasteiger partial charge in [0.1, 0.15) is 10.1 Å². The molecule has 0 aromatic carbocycles. The van der Waals surface area contributed by atoms with Crippen LogP contribution < -0.4 is 29.6 Å². The van der Waals surface area contributed by atoms with Gasteiger partial charge < -0.3 is 4.55 Å². The zero-order valence-corrected chi connectivity index (χ0v) is 19.5. The van der Waals surface area contributed by atoms with Gasteiger partial charge in [-0.1, -0.05) is 56.7 Å². The molecule has 0 heterocycles. The molecule has 2 aliphatic carbocycles. The van der Waals surface area contributed by atoms with E-state index in [1.807, 2.05) is 18.2 Å². The van der Waals surface area contributed by atoms with Gasteiger partial charge in [-0.2, -0.15) is 0 Å². The molecule has 2 rings (SSSR count). The molecule has 0 fully saturated rings. The van der Waals surface area contributed by atoms with E-state index in [-0.39, 0.29) is 40.4 Å². The molecule has 0 aromatic heterocycles. The van der Waals surface area contributed by atoms with Gasteiger partial charge in [-0.05, 0) is 66.8 Å². The second-order valence-corrected chi connectivity index (χ2v) is 8.67. The first-order valence-electron chi connectivity index (χ1n) is 8.77. The molecule has 136 valence electrons. The predicted molar refractivity (Wildman–Crippen MR) is 102 cm³/mol. The fourth-order valence-electron chi connectivity index (χ4n) is 3.13. The molecule has 0 saturated carbocycles. The van der Waals surface area contributed by atoms with E-state index in [0.29, 0.717) is 11.5 Å². The van der Waals surface area contributed by atoms with Gasteiger partial charge in [0.05, 0.1) is 4.90 Å². The second kappa shape index (κ2) is 9.52. The van der Waals surface area contributed by atoms with Gasteiger partial charge in [0.2, 0.25) is 0 Å². The van der Waals surface area contributed by atoms with E-state index in [1.165, 1.54) is 5.57 Å². The molecule has 0 bridgehead atoms. The Morgan fingerprint density at radius 2 is 1.65 bits per heavy atom. The summed E-state index contributed by atoms with van der Waals surface area (Å²) in [7, 11) is -4.50. The van der Waals surface area contributed by atoms with E-state index in [2.05, 4.69) is 40.7 Å². The average Bonchev–Trinajstić information content (AvgIpc) is 2.72. The summed E-state index contributed by atoms with van der Waals surface area (Å²) in [6.45, 7) is 10.4. The molecule has 0 saturated heterocycles. The summed E-state index contributed by atoms with van der Waals surface area (Å²) < 4.78 is 35.2. The maximum atomic E-state index is 11.7. The van der Waals surface area contributed by atoms with Crippen LogP contribution in [0.2, 0.25) is 0 Å². The van der Waals surface area contributed by atoms with Gasteiger partial charge in [0, 0.05) is 0 Å². The quantitative estimate of drug-likeness (QED) is 0.438. The van der Waals surface area contributed by atoms with Gasteiger partial charge >= 0.3 is 29.6 Å². The van der Waals surface area contributed by atoms with Crippen LogP contribution in [-0.4, -0.2) is 13.0 Å². The molecule has 0 radical (unpaired) electrons. The van der Waals surface area contributed by atoms with E-state index in [9.17, 15) is 13.0 Å². The topological polar surface area (TPSA) is 57.2 Å². The van der Waals surface area contributed by atoms with E-state index < -0.39 is 10.1 Å². The fourth-order valence-corrected chi connectivity index (χ4v) is 3.85. The van der Waals surface area contributed by atoms with E-state index in [1.54, 1.807) is 12.1 Å². The van der Waals surface area contributed by atoms with Crippen molar-refractivity contribution in [3.8, 4) is 11.1 Å². The molecule has 26 heavy (non-hydrogen) atoms. The number of rotatable bonds is 6. The molecule has 1 unspecified atom stereocenters. The average molecular weight is 383 g/mol. The van der Waals surface area contributed by atoms with Crippen molar-refractivity contribution < 1.29 is 42.5 Å². The molecule has 0 aromatic rings. The van der Waals surface area contributed by atoms with Crippen LogP contribution >= 0.6 is 0 Å². The Morgan fingerprint density at radius 3 is 2.15 bits per heavy atom. The van der Waals surface area contributed by atoms with Crippen LogP contribution in [0.3, 0.4) is 0 Å². The minimum atomic E-state index is -4.50. The summed E-state index contributed by atoms with van der Waals surface area (Å²) in [6.07, 6.45) is 4.04. The summed E-state index contributed by atoms with van der Waals surface area (Å²) in [5.41, 5.74) is 4.73. The van der Waals surface area contributed by atoms with Crippen LogP contribution in [0.5, 0.6) is 0 Å². The molecule has 0 amide bonds. The standard InChI is InChI=1S/C21H28O3S.Na/c1-14(2)7-6-8-16(5)20-13-21(25(22,23)24)19-12-10-17(15(3)4)9-11-18(19)20;/h7,9-13,15-16H,6,8H2,1-5H3,(H,22,23,24);/q;+1/p-1. The van der Waals surface area contributed by atoms with Gasteiger partial charge in [0.25, 0.3) is 0 Å². The van der Waals surface area contributed by atoms with Crippen molar-refractivity contribution in [2.75, 3.05) is 0 Å². The Hall–Kier alpha value is -0.650. The third-order valence-electron chi connectivity index (χ3n) is 4.66. The minimum Gasteiger partial charge on any atom is -0.744 e. The maximum absolute atomic E-state index is 11.7. The number of hydrogen-bond acceptors (Lipinski definition) is 3. The Morgan fingerprint density at radius 1 is 1.08 bits per heavy atom. The SMILES string of the molecule is CC(C)=CCCC(C)c1cc(S(=O)(=O)[O-])c2ccc(C(C)C)ccc1-2.[Na+]. The third kappa shape index (κ3) is 5.67. The molecule has 3 nitrogen and oxygen atoms in total. The zero-order chi connectivity index (χ0) is 18.8. The number of hydrogen-bond donors (Lipinski definition) is 0. The first-order chi connectivity index (χ1) is 11.6. The molecule has 2 aliphatic rings. The van der Waals surface area contributed by atoms with Crippen LogP contribution in [-0.2, 0) is 10.1 Å². The third-order valence-corrected chi connectivity index (χ3v) is 5.53. The minimum absolute atomic E-state index is 0. The number of allylic oxidation sites excluding steroid dienone is 2. The molecule has 0 N–H and O–H groups in total. The predicted octanol–water partition coefficient (Wildman–Crippen LogP) is 2.67. The van der Waals surface area contributed by atoms with E-state index in [4.69, 9.17) is 0 Å². The van der Waals surface area contributed by atoms with Crippen molar-refractivity contribution in [2.24, 2.45) is 0 Å². The molecular formula is C21H27NaO3S. The molecule has 0 aliphatic heterocycles. The maximum Gasteiger partial charge on any atom is 1.00 e. The van der Waals surface area contributed by atoms with Crippen LogP contribution in [0.4, 0.5) is 0 Å².